The topological polar surface area (TPSA) is 60.2 Å². The van der Waals surface area contributed by atoms with Crippen molar-refractivity contribution in [2.75, 3.05) is 13.7 Å². The van der Waals surface area contributed by atoms with E-state index in [0.717, 1.165) is 25.9 Å². The summed E-state index contributed by atoms with van der Waals surface area (Å²) in [5, 5.41) is 7.13. The van der Waals surface area contributed by atoms with Gasteiger partial charge in [0.25, 0.3) is 0 Å². The summed E-state index contributed by atoms with van der Waals surface area (Å²) in [7, 11) is 1.92. The van der Waals surface area contributed by atoms with Crippen LogP contribution < -0.4 is 5.32 Å². The summed E-state index contributed by atoms with van der Waals surface area (Å²) in [5.74, 6) is 1.39. The molecule has 2 rings (SSSR count). The van der Waals surface area contributed by atoms with Gasteiger partial charge in [-0.3, -0.25) is 0 Å². The summed E-state index contributed by atoms with van der Waals surface area (Å²) in [6.45, 7) is 2.89. The van der Waals surface area contributed by atoms with Crippen LogP contribution in [0.3, 0.4) is 0 Å². The zero-order valence-corrected chi connectivity index (χ0v) is 9.90. The van der Waals surface area contributed by atoms with Crippen LogP contribution in [0.1, 0.15) is 44.0 Å². The fourth-order valence-electron chi connectivity index (χ4n) is 1.79. The number of likely N-dealkylation sites (N-methyl/N-ethyl adjacent to an activating group) is 1. The van der Waals surface area contributed by atoms with E-state index in [1.165, 1.54) is 6.42 Å². The van der Waals surface area contributed by atoms with Crippen molar-refractivity contribution in [3.8, 4) is 0 Å². The zero-order valence-electron chi connectivity index (χ0n) is 9.90. The molecule has 0 bridgehead atoms. The lowest BCUT2D eigenvalue weighted by Gasteiger charge is -2.18. The van der Waals surface area contributed by atoms with Crippen LogP contribution in [0.2, 0.25) is 0 Å². The largest absolute Gasteiger partial charge is 0.370 e. The minimum Gasteiger partial charge on any atom is -0.370 e. The smallest absolute Gasteiger partial charge is 0.228 e. The van der Waals surface area contributed by atoms with Crippen molar-refractivity contribution >= 4 is 0 Å². The highest BCUT2D eigenvalue weighted by Gasteiger charge is 2.21. The summed E-state index contributed by atoms with van der Waals surface area (Å²) in [5.41, 5.74) is 0. The number of hydrogen-bond donors (Lipinski definition) is 1. The Hall–Kier alpha value is -0.940. The normalized spacial score (nSPS) is 23.2. The molecule has 5 heteroatoms. The first-order chi connectivity index (χ1) is 7.79. The van der Waals surface area contributed by atoms with Gasteiger partial charge in [-0.15, -0.1) is 0 Å². The first kappa shape index (κ1) is 11.5. The molecule has 1 aromatic heterocycles. The molecule has 2 atom stereocenters. The van der Waals surface area contributed by atoms with Crippen LogP contribution in [0.5, 0.6) is 0 Å². The summed E-state index contributed by atoms with van der Waals surface area (Å²) in [6, 6.07) is 0.348. The molecule has 0 amide bonds. The number of nitrogens with one attached hydrogen (secondary N) is 1. The highest BCUT2D eigenvalue weighted by molar-refractivity contribution is 4.93. The average molecular weight is 225 g/mol. The Morgan fingerprint density at radius 2 is 2.38 bits per heavy atom. The Kier molecular flexibility index (Phi) is 3.90. The molecule has 0 saturated carbocycles. The second-order valence-electron chi connectivity index (χ2n) is 4.30. The fourth-order valence-corrected chi connectivity index (χ4v) is 1.79. The molecule has 2 heterocycles. The second-order valence-corrected chi connectivity index (χ2v) is 4.30. The van der Waals surface area contributed by atoms with E-state index in [0.29, 0.717) is 17.8 Å². The number of aromatic nitrogens is 2. The van der Waals surface area contributed by atoms with Crippen molar-refractivity contribution < 1.29 is 9.26 Å². The van der Waals surface area contributed by atoms with Crippen LogP contribution in [0.25, 0.3) is 0 Å². The number of nitrogens with zero attached hydrogens (tertiary/aromatic N) is 2. The Bertz CT molecular complexity index is 321. The van der Waals surface area contributed by atoms with Gasteiger partial charge in [0.05, 0.1) is 0 Å². The molecule has 0 aliphatic carbocycles. The molecule has 1 saturated heterocycles. The van der Waals surface area contributed by atoms with Crippen molar-refractivity contribution in [1.82, 2.24) is 15.5 Å². The molecule has 5 nitrogen and oxygen atoms in total. The predicted octanol–water partition coefficient (Wildman–Crippen LogP) is 1.46. The lowest BCUT2D eigenvalue weighted by atomic mass is 10.1. The van der Waals surface area contributed by atoms with E-state index in [9.17, 15) is 0 Å². The predicted molar refractivity (Wildman–Crippen MR) is 59.1 cm³/mol. The third-order valence-corrected chi connectivity index (χ3v) is 2.93. The maximum Gasteiger partial charge on any atom is 0.228 e. The molecule has 16 heavy (non-hydrogen) atoms. The van der Waals surface area contributed by atoms with Gasteiger partial charge in [0.15, 0.2) is 0 Å². The maximum atomic E-state index is 5.61. The SMILES string of the molecule is CNC(C)Cc1nc(C2CCCCO2)no1. The van der Waals surface area contributed by atoms with Crippen molar-refractivity contribution in [1.29, 1.82) is 0 Å². The minimum absolute atomic E-state index is 0.0381. The molecular weight excluding hydrogens is 206 g/mol. The van der Waals surface area contributed by atoms with Gasteiger partial charge in [-0.1, -0.05) is 5.16 Å². The van der Waals surface area contributed by atoms with Gasteiger partial charge in [0.2, 0.25) is 11.7 Å². The average Bonchev–Trinajstić information content (AvgIpc) is 2.78. The number of rotatable bonds is 4. The zero-order chi connectivity index (χ0) is 11.4. The molecule has 1 fully saturated rings. The van der Waals surface area contributed by atoms with Gasteiger partial charge in [-0.2, -0.15) is 4.98 Å². The van der Waals surface area contributed by atoms with E-state index in [4.69, 9.17) is 9.26 Å². The van der Waals surface area contributed by atoms with Gasteiger partial charge in [-0.05, 0) is 33.2 Å². The minimum atomic E-state index is 0.0381. The van der Waals surface area contributed by atoms with Crippen molar-refractivity contribution in [2.24, 2.45) is 0 Å². The van der Waals surface area contributed by atoms with Crippen LogP contribution in [-0.4, -0.2) is 29.8 Å². The van der Waals surface area contributed by atoms with Crippen LogP contribution in [0.15, 0.2) is 4.52 Å². The molecule has 1 aromatic rings. The first-order valence-electron chi connectivity index (χ1n) is 5.91. The number of hydrogen-bond acceptors (Lipinski definition) is 5. The van der Waals surface area contributed by atoms with E-state index < -0.39 is 0 Å². The third kappa shape index (κ3) is 2.80. The Balaban J connectivity index is 1.95. The van der Waals surface area contributed by atoms with Crippen molar-refractivity contribution in [2.45, 2.75) is 44.8 Å². The van der Waals surface area contributed by atoms with Crippen LogP contribution in [-0.2, 0) is 11.2 Å². The summed E-state index contributed by atoms with van der Waals surface area (Å²) >= 11 is 0. The highest BCUT2D eigenvalue weighted by atomic mass is 16.5. The summed E-state index contributed by atoms with van der Waals surface area (Å²) in [6.07, 6.45) is 4.12. The molecule has 0 aromatic carbocycles. The van der Waals surface area contributed by atoms with E-state index in [1.54, 1.807) is 0 Å². The van der Waals surface area contributed by atoms with Gasteiger partial charge in [0, 0.05) is 19.1 Å². The summed E-state index contributed by atoms with van der Waals surface area (Å²) < 4.78 is 10.8. The summed E-state index contributed by atoms with van der Waals surface area (Å²) in [4.78, 5) is 4.38. The Morgan fingerprint density at radius 3 is 3.06 bits per heavy atom. The van der Waals surface area contributed by atoms with Crippen molar-refractivity contribution in [3.63, 3.8) is 0 Å². The second kappa shape index (κ2) is 5.41. The Morgan fingerprint density at radius 1 is 1.50 bits per heavy atom. The fraction of sp³-hybridized carbons (Fsp3) is 0.818. The van der Waals surface area contributed by atoms with E-state index in [1.807, 2.05) is 7.05 Å². The van der Waals surface area contributed by atoms with Crippen molar-refractivity contribution in [3.05, 3.63) is 11.7 Å². The number of ether oxygens (including phenoxy) is 1. The van der Waals surface area contributed by atoms with E-state index in [-0.39, 0.29) is 6.10 Å². The molecule has 90 valence electrons. The molecule has 0 spiro atoms. The molecule has 1 aliphatic rings. The van der Waals surface area contributed by atoms with Gasteiger partial charge in [-0.25, -0.2) is 0 Å². The van der Waals surface area contributed by atoms with Crippen LogP contribution in [0.4, 0.5) is 0 Å². The quantitative estimate of drug-likeness (QED) is 0.840. The van der Waals surface area contributed by atoms with Gasteiger partial charge in [0.1, 0.15) is 6.10 Å². The monoisotopic (exact) mass is 225 g/mol. The first-order valence-corrected chi connectivity index (χ1v) is 5.91. The van der Waals surface area contributed by atoms with Crippen LogP contribution in [0, 0.1) is 0 Å². The standard InChI is InChI=1S/C11H19N3O2/c1-8(12-2)7-10-13-11(14-16-10)9-5-3-4-6-15-9/h8-9,12H,3-7H2,1-2H3. The molecule has 0 radical (unpaired) electrons. The van der Waals surface area contributed by atoms with E-state index >= 15 is 0 Å². The highest BCUT2D eigenvalue weighted by Crippen LogP contribution is 2.25. The van der Waals surface area contributed by atoms with Gasteiger partial charge >= 0.3 is 0 Å². The Labute approximate surface area is 95.6 Å². The van der Waals surface area contributed by atoms with E-state index in [2.05, 4.69) is 22.4 Å². The molecule has 2 unspecified atom stereocenters. The molecule has 1 N–H and O–H groups in total. The maximum absolute atomic E-state index is 5.61. The lowest BCUT2D eigenvalue weighted by Crippen LogP contribution is -2.23. The molecule has 1 aliphatic heterocycles. The van der Waals surface area contributed by atoms with Gasteiger partial charge < -0.3 is 14.6 Å². The van der Waals surface area contributed by atoms with Crippen LogP contribution >= 0.6 is 0 Å². The lowest BCUT2D eigenvalue weighted by molar-refractivity contribution is 0.00821. The molecular formula is C11H19N3O2. The third-order valence-electron chi connectivity index (χ3n) is 2.93.